The second kappa shape index (κ2) is 5.72. The van der Waals surface area contributed by atoms with Crippen LogP contribution in [0, 0.1) is 6.92 Å². The van der Waals surface area contributed by atoms with E-state index in [4.69, 9.17) is 0 Å². The van der Waals surface area contributed by atoms with Crippen molar-refractivity contribution in [1.29, 1.82) is 0 Å². The molecule has 0 aromatic heterocycles. The highest BCUT2D eigenvalue weighted by molar-refractivity contribution is 6.03. The van der Waals surface area contributed by atoms with Gasteiger partial charge in [0.05, 0.1) is 0 Å². The Morgan fingerprint density at radius 1 is 0.667 bits per heavy atom. The molecule has 27 heavy (non-hydrogen) atoms. The van der Waals surface area contributed by atoms with Gasteiger partial charge in [-0.25, -0.2) is 0 Å². The van der Waals surface area contributed by atoms with Crippen LogP contribution in [0.4, 0.5) is 11.4 Å². The third kappa shape index (κ3) is 2.46. The molecule has 0 radical (unpaired) electrons. The molecule has 132 valence electrons. The third-order valence-corrected chi connectivity index (χ3v) is 5.90. The quantitative estimate of drug-likeness (QED) is 0.403. The van der Waals surface area contributed by atoms with Crippen LogP contribution in [-0.2, 0) is 5.41 Å². The van der Waals surface area contributed by atoms with Gasteiger partial charge in [-0.1, -0.05) is 74.0 Å². The van der Waals surface area contributed by atoms with Gasteiger partial charge in [0, 0.05) is 16.8 Å². The lowest BCUT2D eigenvalue weighted by Gasteiger charge is -2.35. The summed E-state index contributed by atoms with van der Waals surface area (Å²) in [5.74, 6) is 0. The summed E-state index contributed by atoms with van der Waals surface area (Å²) in [5, 5.41) is 6.29. The SMILES string of the molecule is Cc1ccc(Nc2ccc3c(c2)C(C)(C)c2cccc4cccc-3c24)cc1. The highest BCUT2D eigenvalue weighted by atomic mass is 14.9. The van der Waals surface area contributed by atoms with Gasteiger partial charge in [0.15, 0.2) is 0 Å². The van der Waals surface area contributed by atoms with Crippen LogP contribution >= 0.6 is 0 Å². The zero-order valence-electron chi connectivity index (χ0n) is 16.0. The summed E-state index contributed by atoms with van der Waals surface area (Å²) in [6.45, 7) is 6.79. The second-order valence-electron chi connectivity index (χ2n) is 8.09. The molecular formula is C26H23N. The smallest absolute Gasteiger partial charge is 0.0387 e. The van der Waals surface area contributed by atoms with Crippen molar-refractivity contribution in [3.8, 4) is 11.1 Å². The van der Waals surface area contributed by atoms with E-state index in [9.17, 15) is 0 Å². The van der Waals surface area contributed by atoms with Crippen molar-refractivity contribution in [2.45, 2.75) is 26.2 Å². The van der Waals surface area contributed by atoms with E-state index < -0.39 is 0 Å². The van der Waals surface area contributed by atoms with Crippen molar-refractivity contribution in [3.63, 3.8) is 0 Å². The highest BCUT2D eigenvalue weighted by Gasteiger charge is 2.33. The lowest BCUT2D eigenvalue weighted by molar-refractivity contribution is 0.645. The van der Waals surface area contributed by atoms with Gasteiger partial charge in [-0.2, -0.15) is 0 Å². The maximum atomic E-state index is 3.57. The van der Waals surface area contributed by atoms with Crippen LogP contribution in [0.2, 0.25) is 0 Å². The van der Waals surface area contributed by atoms with Gasteiger partial charge in [0.2, 0.25) is 0 Å². The lowest BCUT2D eigenvalue weighted by atomic mass is 9.68. The topological polar surface area (TPSA) is 12.0 Å². The highest BCUT2D eigenvalue weighted by Crippen LogP contribution is 2.49. The Hall–Kier alpha value is -3.06. The third-order valence-electron chi connectivity index (χ3n) is 5.90. The van der Waals surface area contributed by atoms with Gasteiger partial charge < -0.3 is 5.32 Å². The Bertz CT molecular complexity index is 1160. The van der Waals surface area contributed by atoms with Crippen LogP contribution in [0.3, 0.4) is 0 Å². The molecule has 0 fully saturated rings. The maximum absolute atomic E-state index is 3.57. The zero-order valence-corrected chi connectivity index (χ0v) is 16.0. The first kappa shape index (κ1) is 16.1. The fraction of sp³-hybridized carbons (Fsp3) is 0.154. The van der Waals surface area contributed by atoms with Crippen molar-refractivity contribution in [1.82, 2.24) is 0 Å². The van der Waals surface area contributed by atoms with Gasteiger partial charge in [0.1, 0.15) is 0 Å². The molecule has 1 heteroatoms. The summed E-state index contributed by atoms with van der Waals surface area (Å²) in [6, 6.07) is 28.7. The van der Waals surface area contributed by atoms with E-state index in [1.54, 1.807) is 0 Å². The maximum Gasteiger partial charge on any atom is 0.0387 e. The second-order valence-corrected chi connectivity index (χ2v) is 8.09. The Kier molecular flexibility index (Phi) is 3.42. The fourth-order valence-electron chi connectivity index (χ4n) is 4.41. The molecule has 0 spiro atoms. The first-order valence-corrected chi connectivity index (χ1v) is 9.55. The fourth-order valence-corrected chi connectivity index (χ4v) is 4.41. The number of hydrogen-bond acceptors (Lipinski definition) is 1. The molecule has 0 saturated heterocycles. The first-order valence-electron chi connectivity index (χ1n) is 9.55. The van der Waals surface area contributed by atoms with Crippen molar-refractivity contribution >= 4 is 22.1 Å². The molecule has 0 unspecified atom stereocenters. The number of fused-ring (bicyclic) bond motifs is 2. The molecule has 0 amide bonds. The Morgan fingerprint density at radius 3 is 2.15 bits per heavy atom. The van der Waals surface area contributed by atoms with Gasteiger partial charge in [0.25, 0.3) is 0 Å². The predicted octanol–water partition coefficient (Wildman–Crippen LogP) is 7.20. The predicted molar refractivity (Wildman–Crippen MR) is 116 cm³/mol. The molecule has 0 saturated carbocycles. The van der Waals surface area contributed by atoms with E-state index in [-0.39, 0.29) is 5.41 Å². The van der Waals surface area contributed by atoms with Gasteiger partial charge in [-0.05, 0) is 64.2 Å². The molecule has 0 aliphatic heterocycles. The minimum Gasteiger partial charge on any atom is -0.356 e. The monoisotopic (exact) mass is 349 g/mol. The van der Waals surface area contributed by atoms with Gasteiger partial charge >= 0.3 is 0 Å². The van der Waals surface area contributed by atoms with E-state index in [1.807, 2.05) is 0 Å². The number of benzene rings is 4. The molecule has 4 aromatic carbocycles. The van der Waals surface area contributed by atoms with Crippen LogP contribution in [0.1, 0.15) is 30.5 Å². The summed E-state index contributed by atoms with van der Waals surface area (Å²) in [5.41, 5.74) is 8.99. The van der Waals surface area contributed by atoms with Crippen LogP contribution in [-0.4, -0.2) is 0 Å². The molecular weight excluding hydrogens is 326 g/mol. The minimum absolute atomic E-state index is 0.0336. The average molecular weight is 349 g/mol. The standard InChI is InChI=1S/C26H23N/c1-17-10-12-19(13-11-17)27-20-14-15-21-22-8-4-6-18-7-5-9-23(25(18)22)26(2,3)24(21)16-20/h4-16,27H,1-3H3. The largest absolute Gasteiger partial charge is 0.356 e. The minimum atomic E-state index is -0.0336. The number of nitrogens with one attached hydrogen (secondary N) is 1. The molecule has 1 N–H and O–H groups in total. The molecule has 1 aliphatic rings. The van der Waals surface area contributed by atoms with Crippen LogP contribution < -0.4 is 5.32 Å². The van der Waals surface area contributed by atoms with Crippen LogP contribution in [0.25, 0.3) is 21.9 Å². The Morgan fingerprint density at radius 2 is 1.37 bits per heavy atom. The van der Waals surface area contributed by atoms with Gasteiger partial charge in [-0.3, -0.25) is 0 Å². The van der Waals surface area contributed by atoms with Crippen LogP contribution in [0.15, 0.2) is 78.9 Å². The van der Waals surface area contributed by atoms with E-state index in [0.29, 0.717) is 0 Å². The van der Waals surface area contributed by atoms with Crippen molar-refractivity contribution in [2.24, 2.45) is 0 Å². The van der Waals surface area contributed by atoms with E-state index in [0.717, 1.165) is 11.4 Å². The first-order chi connectivity index (χ1) is 13.0. The Labute approximate surface area is 160 Å². The zero-order chi connectivity index (χ0) is 18.6. The summed E-state index contributed by atoms with van der Waals surface area (Å²) < 4.78 is 0. The number of anilines is 2. The molecule has 0 bridgehead atoms. The molecule has 0 atom stereocenters. The van der Waals surface area contributed by atoms with Crippen molar-refractivity contribution < 1.29 is 0 Å². The van der Waals surface area contributed by atoms with E-state index in [2.05, 4.69) is 105 Å². The number of aryl methyl sites for hydroxylation is 1. The van der Waals surface area contributed by atoms with E-state index >= 15 is 0 Å². The summed E-state index contributed by atoms with van der Waals surface area (Å²) >= 11 is 0. The van der Waals surface area contributed by atoms with E-state index in [1.165, 1.54) is 38.6 Å². The van der Waals surface area contributed by atoms with Crippen molar-refractivity contribution in [2.75, 3.05) is 5.32 Å². The summed E-state index contributed by atoms with van der Waals surface area (Å²) in [6.07, 6.45) is 0. The molecule has 4 aromatic rings. The molecule has 5 rings (SSSR count). The summed E-state index contributed by atoms with van der Waals surface area (Å²) in [7, 11) is 0. The number of rotatable bonds is 2. The normalized spacial score (nSPS) is 14.0. The van der Waals surface area contributed by atoms with Crippen LogP contribution in [0.5, 0.6) is 0 Å². The lowest BCUT2D eigenvalue weighted by Crippen LogP contribution is -2.23. The molecule has 0 heterocycles. The van der Waals surface area contributed by atoms with Gasteiger partial charge in [-0.15, -0.1) is 0 Å². The molecule has 1 aliphatic carbocycles. The number of hydrogen-bond donors (Lipinski definition) is 1. The Balaban J connectivity index is 1.68. The summed E-state index contributed by atoms with van der Waals surface area (Å²) in [4.78, 5) is 0. The molecule has 1 nitrogen and oxygen atoms in total. The average Bonchev–Trinajstić information content (AvgIpc) is 2.68. The van der Waals surface area contributed by atoms with Crippen molar-refractivity contribution in [3.05, 3.63) is 95.6 Å².